The Morgan fingerprint density at radius 3 is 2.38 bits per heavy atom. The normalized spacial score (nSPS) is 49.1. The van der Waals surface area contributed by atoms with Crippen molar-refractivity contribution in [3.05, 3.63) is 11.6 Å². The van der Waals surface area contributed by atoms with Crippen molar-refractivity contribution >= 4 is 20.3 Å². The molecule has 0 radical (unpaired) electrons. The molecule has 34 heavy (non-hydrogen) atoms. The lowest BCUT2D eigenvalue weighted by atomic mass is 9.59. The Kier molecular flexibility index (Phi) is 4.88. The Morgan fingerprint density at radius 2 is 1.79 bits per heavy atom. The second-order valence-corrected chi connectivity index (χ2v) is 18.8. The van der Waals surface area contributed by atoms with E-state index in [4.69, 9.17) is 13.9 Å². The van der Waals surface area contributed by atoms with Crippen LogP contribution in [0.4, 0.5) is 4.79 Å². The van der Waals surface area contributed by atoms with Crippen molar-refractivity contribution in [1.82, 2.24) is 0 Å². The Bertz CT molecular complexity index is 978. The first-order chi connectivity index (χ1) is 15.4. The van der Waals surface area contributed by atoms with E-state index in [2.05, 4.69) is 54.6 Å². The summed E-state index contributed by atoms with van der Waals surface area (Å²) < 4.78 is 19.0. The van der Waals surface area contributed by atoms with E-state index >= 15 is 0 Å². The summed E-state index contributed by atoms with van der Waals surface area (Å²) in [6.45, 7) is 21.5. The average Bonchev–Trinajstić information content (AvgIpc) is 3.00. The number of fused-ring (bicyclic) bond motifs is 3. The number of ether oxygens (including phenoxy) is 2. The van der Waals surface area contributed by atoms with Crippen molar-refractivity contribution < 1.29 is 28.6 Å². The number of hydrogen-bond donors (Lipinski definition) is 1. The second-order valence-electron chi connectivity index (χ2n) is 14.0. The Labute approximate surface area is 204 Å². The third kappa shape index (κ3) is 2.64. The van der Waals surface area contributed by atoms with Gasteiger partial charge in [-0.1, -0.05) is 54.5 Å². The summed E-state index contributed by atoms with van der Waals surface area (Å²) in [5, 5.41) is 11.5. The molecule has 0 aromatic carbocycles. The maximum atomic E-state index is 14.9. The fourth-order valence-electron chi connectivity index (χ4n) is 8.10. The zero-order valence-corrected chi connectivity index (χ0v) is 23.4. The van der Waals surface area contributed by atoms with Gasteiger partial charge in [-0.3, -0.25) is 4.79 Å². The maximum Gasteiger partial charge on any atom is 0.509 e. The molecular formula is C27H42O6Si. The Balaban J connectivity index is 1.76. The van der Waals surface area contributed by atoms with Crippen LogP contribution in [0.2, 0.25) is 18.1 Å². The number of rotatable bonds is 2. The van der Waals surface area contributed by atoms with Crippen molar-refractivity contribution in [2.75, 3.05) is 0 Å². The molecule has 5 aliphatic rings. The van der Waals surface area contributed by atoms with Gasteiger partial charge in [-0.2, -0.15) is 0 Å². The van der Waals surface area contributed by atoms with E-state index in [9.17, 15) is 14.7 Å². The van der Waals surface area contributed by atoms with Crippen LogP contribution < -0.4 is 0 Å². The zero-order chi connectivity index (χ0) is 25.4. The number of Topliss-reactive ketones (excluding diaryl/α,β-unsaturated/α-hetero) is 1. The third-order valence-corrected chi connectivity index (χ3v) is 15.5. The second kappa shape index (κ2) is 6.77. The molecule has 5 rings (SSSR count). The van der Waals surface area contributed by atoms with E-state index in [1.807, 2.05) is 19.9 Å². The number of hydrogen-bond acceptors (Lipinski definition) is 6. The summed E-state index contributed by atoms with van der Waals surface area (Å²) in [6, 6.07) is 0. The Hall–Kier alpha value is -1.18. The molecule has 10 atom stereocenters. The molecule has 3 saturated carbocycles. The van der Waals surface area contributed by atoms with Gasteiger partial charge in [-0.25, -0.2) is 4.79 Å². The summed E-state index contributed by atoms with van der Waals surface area (Å²) >= 11 is 0. The minimum absolute atomic E-state index is 0.0390. The summed E-state index contributed by atoms with van der Waals surface area (Å²) in [5.41, 5.74) is -1.81. The van der Waals surface area contributed by atoms with Crippen molar-refractivity contribution in [2.45, 2.75) is 104 Å². The van der Waals surface area contributed by atoms with Gasteiger partial charge in [-0.05, 0) is 60.2 Å². The largest absolute Gasteiger partial charge is 0.509 e. The smallest absolute Gasteiger partial charge is 0.426 e. The molecule has 1 heterocycles. The van der Waals surface area contributed by atoms with Crippen molar-refractivity contribution in [3.63, 3.8) is 0 Å². The van der Waals surface area contributed by atoms with Gasteiger partial charge in [0, 0.05) is 11.8 Å². The number of aliphatic hydroxyl groups excluding tert-OH is 1. The summed E-state index contributed by atoms with van der Waals surface area (Å²) in [6.07, 6.45) is -0.235. The molecular weight excluding hydrogens is 448 g/mol. The van der Waals surface area contributed by atoms with E-state index in [1.165, 1.54) is 0 Å². The van der Waals surface area contributed by atoms with E-state index in [0.29, 0.717) is 11.5 Å². The molecule has 2 bridgehead atoms. The first kappa shape index (κ1) is 24.5. The van der Waals surface area contributed by atoms with Crippen LogP contribution in [0.25, 0.3) is 0 Å². The van der Waals surface area contributed by atoms with Gasteiger partial charge in [0.25, 0.3) is 0 Å². The molecule has 1 aliphatic heterocycles. The van der Waals surface area contributed by atoms with Crippen LogP contribution in [0.5, 0.6) is 0 Å². The molecule has 1 N–H and O–H groups in total. The van der Waals surface area contributed by atoms with Crippen LogP contribution >= 0.6 is 0 Å². The van der Waals surface area contributed by atoms with Gasteiger partial charge in [0.2, 0.25) is 0 Å². The fraction of sp³-hybridized carbons (Fsp3) is 0.852. The van der Waals surface area contributed by atoms with Gasteiger partial charge in [0.05, 0.1) is 11.5 Å². The average molecular weight is 491 g/mol. The van der Waals surface area contributed by atoms with E-state index in [-0.39, 0.29) is 39.9 Å². The summed E-state index contributed by atoms with van der Waals surface area (Å²) in [4.78, 5) is 27.7. The SMILES string of the molecule is CC1=C[C@@]23C(=O)C([C@H]4C(C[C@H]2C)C4(C)C)[C@H](O[Si](C)(C)C(C)(C)C)[C@H](C)C2OC(=O)OC23[C@H]1O. The molecule has 4 aliphatic carbocycles. The van der Waals surface area contributed by atoms with Crippen LogP contribution in [0, 0.1) is 40.4 Å². The van der Waals surface area contributed by atoms with E-state index < -0.39 is 43.8 Å². The first-order valence-electron chi connectivity index (χ1n) is 12.9. The monoisotopic (exact) mass is 490 g/mol. The predicted molar refractivity (Wildman–Crippen MR) is 131 cm³/mol. The minimum Gasteiger partial charge on any atom is -0.426 e. The fourth-order valence-corrected chi connectivity index (χ4v) is 9.49. The van der Waals surface area contributed by atoms with E-state index in [0.717, 1.165) is 6.42 Å². The van der Waals surface area contributed by atoms with Crippen LogP contribution in [0.3, 0.4) is 0 Å². The first-order valence-corrected chi connectivity index (χ1v) is 15.8. The number of carbonyl (C=O) groups is 2. The molecule has 0 aromatic heterocycles. The van der Waals surface area contributed by atoms with Gasteiger partial charge in [0.15, 0.2) is 25.8 Å². The highest BCUT2D eigenvalue weighted by Crippen LogP contribution is 2.74. The molecule has 7 heteroatoms. The van der Waals surface area contributed by atoms with Crippen LogP contribution in [0.15, 0.2) is 11.6 Å². The quantitative estimate of drug-likeness (QED) is 0.329. The van der Waals surface area contributed by atoms with Gasteiger partial charge >= 0.3 is 6.16 Å². The summed E-state index contributed by atoms with van der Waals surface area (Å²) in [7, 11) is -2.28. The third-order valence-electron chi connectivity index (χ3n) is 11.0. The van der Waals surface area contributed by atoms with Crippen LogP contribution in [-0.4, -0.2) is 49.3 Å². The van der Waals surface area contributed by atoms with Gasteiger partial charge in [-0.15, -0.1) is 0 Å². The molecule has 0 amide bonds. The van der Waals surface area contributed by atoms with Crippen molar-refractivity contribution in [3.8, 4) is 0 Å². The number of carbonyl (C=O) groups excluding carboxylic acids is 2. The molecule has 4 unspecified atom stereocenters. The lowest BCUT2D eigenvalue weighted by Crippen LogP contribution is -2.64. The van der Waals surface area contributed by atoms with Crippen LogP contribution in [-0.2, 0) is 18.7 Å². The van der Waals surface area contributed by atoms with Crippen molar-refractivity contribution in [2.24, 2.45) is 40.4 Å². The lowest BCUT2D eigenvalue weighted by molar-refractivity contribution is -0.163. The standard InChI is InChI=1S/C27H42O6Si/c1-13-12-26-14(2)11-16-18(25(16,7)8)17(21(26)29)19(33-34(9,10)24(4,5)6)15(3)22-27(26,20(13)28)32-23(30)31-22/h12,14-20,22,28H,11H2,1-10H3/t14-,15+,16?,17?,18-,19-,20+,22?,26+,27?/m1/s1. The summed E-state index contributed by atoms with van der Waals surface area (Å²) in [5.74, 6) is -0.0443. The van der Waals surface area contributed by atoms with Crippen LogP contribution in [0.1, 0.15) is 61.8 Å². The lowest BCUT2D eigenvalue weighted by Gasteiger charge is -2.46. The molecule has 0 aromatic rings. The topological polar surface area (TPSA) is 82.1 Å². The molecule has 6 nitrogen and oxygen atoms in total. The Morgan fingerprint density at radius 1 is 1.18 bits per heavy atom. The van der Waals surface area contributed by atoms with E-state index in [1.54, 1.807) is 0 Å². The predicted octanol–water partition coefficient (Wildman–Crippen LogP) is 5.11. The highest BCUT2D eigenvalue weighted by Gasteiger charge is 2.82. The molecule has 4 fully saturated rings. The maximum absolute atomic E-state index is 14.9. The molecule has 1 saturated heterocycles. The highest BCUT2D eigenvalue weighted by molar-refractivity contribution is 6.74. The minimum atomic E-state index is -2.28. The van der Waals surface area contributed by atoms with Gasteiger partial charge < -0.3 is 19.0 Å². The highest BCUT2D eigenvalue weighted by atomic mass is 28.4. The number of ketones is 1. The van der Waals surface area contributed by atoms with Crippen molar-refractivity contribution in [1.29, 1.82) is 0 Å². The van der Waals surface area contributed by atoms with Gasteiger partial charge in [0.1, 0.15) is 6.10 Å². The zero-order valence-electron chi connectivity index (χ0n) is 22.4. The molecule has 2 spiro atoms. The number of aliphatic hydroxyl groups is 1. The molecule has 190 valence electrons.